The lowest BCUT2D eigenvalue weighted by molar-refractivity contribution is 1.02. The van der Waals surface area contributed by atoms with Crippen molar-refractivity contribution in [3.63, 3.8) is 0 Å². The summed E-state index contributed by atoms with van der Waals surface area (Å²) in [6, 6.07) is 7.90. The highest BCUT2D eigenvalue weighted by atomic mass is 32.1. The summed E-state index contributed by atoms with van der Waals surface area (Å²) in [5, 5.41) is 0. The molecule has 0 spiro atoms. The molecule has 0 aliphatic heterocycles. The molecule has 2 nitrogen and oxygen atoms in total. The number of benzene rings is 1. The van der Waals surface area contributed by atoms with E-state index < -0.39 is 0 Å². The molecular weight excluding hydrogens is 168 g/mol. The molecule has 1 aromatic carbocycles. The molecule has 0 saturated carbocycles. The molecule has 0 radical (unpaired) electrons. The van der Waals surface area contributed by atoms with E-state index in [2.05, 4.69) is 17.6 Å². The SMILES string of the molecule is Sc1ccccc1-n1ccnc1. The van der Waals surface area contributed by atoms with Gasteiger partial charge in [0, 0.05) is 17.3 Å². The second-order valence-corrected chi connectivity index (χ2v) is 2.94. The van der Waals surface area contributed by atoms with Crippen molar-refractivity contribution in [1.29, 1.82) is 0 Å². The Morgan fingerprint density at radius 2 is 2.08 bits per heavy atom. The van der Waals surface area contributed by atoms with E-state index in [-0.39, 0.29) is 0 Å². The Labute approximate surface area is 76.3 Å². The van der Waals surface area contributed by atoms with E-state index in [9.17, 15) is 0 Å². The van der Waals surface area contributed by atoms with Gasteiger partial charge in [0.25, 0.3) is 0 Å². The van der Waals surface area contributed by atoms with Crippen LogP contribution in [0.3, 0.4) is 0 Å². The normalized spacial score (nSPS) is 10.1. The number of para-hydroxylation sites is 1. The van der Waals surface area contributed by atoms with Gasteiger partial charge in [-0.2, -0.15) is 0 Å². The fourth-order valence-electron chi connectivity index (χ4n) is 1.08. The van der Waals surface area contributed by atoms with Gasteiger partial charge >= 0.3 is 0 Å². The molecular formula is C9H8N2S. The van der Waals surface area contributed by atoms with E-state index in [1.165, 1.54) is 0 Å². The zero-order valence-electron chi connectivity index (χ0n) is 6.38. The fourth-order valence-corrected chi connectivity index (χ4v) is 1.36. The van der Waals surface area contributed by atoms with E-state index in [4.69, 9.17) is 0 Å². The smallest absolute Gasteiger partial charge is 0.0992 e. The monoisotopic (exact) mass is 176 g/mol. The first kappa shape index (κ1) is 7.43. The number of imidazole rings is 1. The molecule has 2 rings (SSSR count). The summed E-state index contributed by atoms with van der Waals surface area (Å²) in [7, 11) is 0. The summed E-state index contributed by atoms with van der Waals surface area (Å²) in [6.07, 6.45) is 5.41. The van der Waals surface area contributed by atoms with Crippen molar-refractivity contribution < 1.29 is 0 Å². The van der Waals surface area contributed by atoms with Gasteiger partial charge in [0.2, 0.25) is 0 Å². The molecule has 0 aliphatic carbocycles. The maximum Gasteiger partial charge on any atom is 0.0992 e. The maximum atomic E-state index is 4.34. The third-order valence-corrected chi connectivity index (χ3v) is 2.04. The van der Waals surface area contributed by atoms with Crippen LogP contribution in [0.4, 0.5) is 0 Å². The van der Waals surface area contributed by atoms with Gasteiger partial charge in [0.05, 0.1) is 12.0 Å². The minimum absolute atomic E-state index is 0.954. The van der Waals surface area contributed by atoms with Gasteiger partial charge in [-0.15, -0.1) is 12.6 Å². The number of thiol groups is 1. The second-order valence-electron chi connectivity index (χ2n) is 2.46. The van der Waals surface area contributed by atoms with E-state index >= 15 is 0 Å². The number of hydrogen-bond acceptors (Lipinski definition) is 2. The molecule has 0 unspecified atom stereocenters. The standard InChI is InChI=1S/C9H8N2S/c12-9-4-2-1-3-8(9)11-6-5-10-7-11/h1-7,12H. The Kier molecular flexibility index (Phi) is 1.87. The topological polar surface area (TPSA) is 17.8 Å². The molecule has 0 amide bonds. The summed E-state index contributed by atoms with van der Waals surface area (Å²) < 4.78 is 1.93. The molecule has 60 valence electrons. The predicted octanol–water partition coefficient (Wildman–Crippen LogP) is 2.16. The fraction of sp³-hybridized carbons (Fsp3) is 0. The van der Waals surface area contributed by atoms with Crippen LogP contribution in [-0.4, -0.2) is 9.55 Å². The van der Waals surface area contributed by atoms with Gasteiger partial charge < -0.3 is 4.57 Å². The van der Waals surface area contributed by atoms with Crippen LogP contribution in [0.5, 0.6) is 0 Å². The van der Waals surface area contributed by atoms with Crippen molar-refractivity contribution in [1.82, 2.24) is 9.55 Å². The third kappa shape index (κ3) is 1.23. The molecule has 2 aromatic rings. The molecule has 1 aromatic heterocycles. The maximum absolute atomic E-state index is 4.34. The summed E-state index contributed by atoms with van der Waals surface area (Å²) in [5.41, 5.74) is 1.05. The minimum atomic E-state index is 0.954. The van der Waals surface area contributed by atoms with Crippen LogP contribution >= 0.6 is 12.6 Å². The van der Waals surface area contributed by atoms with Gasteiger partial charge in [0.1, 0.15) is 0 Å². The van der Waals surface area contributed by atoms with E-state index in [0.717, 1.165) is 10.6 Å². The molecule has 12 heavy (non-hydrogen) atoms. The minimum Gasteiger partial charge on any atom is -0.305 e. The van der Waals surface area contributed by atoms with Crippen LogP contribution in [0.25, 0.3) is 5.69 Å². The van der Waals surface area contributed by atoms with Crippen LogP contribution < -0.4 is 0 Å². The van der Waals surface area contributed by atoms with Crippen LogP contribution in [0, 0.1) is 0 Å². The Balaban J connectivity index is 2.55. The Morgan fingerprint density at radius 3 is 2.75 bits per heavy atom. The quantitative estimate of drug-likeness (QED) is 0.659. The molecule has 0 N–H and O–H groups in total. The van der Waals surface area contributed by atoms with Crippen LogP contribution in [0.2, 0.25) is 0 Å². The number of rotatable bonds is 1. The van der Waals surface area contributed by atoms with Crippen molar-refractivity contribution >= 4 is 12.6 Å². The lowest BCUT2D eigenvalue weighted by Gasteiger charge is -2.03. The highest BCUT2D eigenvalue weighted by molar-refractivity contribution is 7.80. The van der Waals surface area contributed by atoms with Crippen molar-refractivity contribution in [2.45, 2.75) is 4.90 Å². The first-order chi connectivity index (χ1) is 5.88. The molecule has 1 heterocycles. The lowest BCUT2D eigenvalue weighted by atomic mass is 10.3. The van der Waals surface area contributed by atoms with Crippen molar-refractivity contribution in [3.8, 4) is 5.69 Å². The molecule has 3 heteroatoms. The predicted molar refractivity (Wildman–Crippen MR) is 50.8 cm³/mol. The van der Waals surface area contributed by atoms with Crippen LogP contribution in [0.1, 0.15) is 0 Å². The molecule has 0 fully saturated rings. The summed E-state index contributed by atoms with van der Waals surface area (Å²) in [4.78, 5) is 4.92. The van der Waals surface area contributed by atoms with Crippen molar-refractivity contribution in [2.24, 2.45) is 0 Å². The van der Waals surface area contributed by atoms with Crippen LogP contribution in [0.15, 0.2) is 47.9 Å². The summed E-state index contributed by atoms with van der Waals surface area (Å²) in [6.45, 7) is 0. The molecule has 0 bridgehead atoms. The van der Waals surface area contributed by atoms with Crippen LogP contribution in [-0.2, 0) is 0 Å². The van der Waals surface area contributed by atoms with Crippen molar-refractivity contribution in [2.75, 3.05) is 0 Å². The summed E-state index contributed by atoms with van der Waals surface area (Å²) >= 11 is 4.34. The average Bonchev–Trinajstić information content (AvgIpc) is 2.57. The van der Waals surface area contributed by atoms with Gasteiger partial charge in [-0.25, -0.2) is 4.98 Å². The van der Waals surface area contributed by atoms with E-state index in [1.807, 2.05) is 35.0 Å². The highest BCUT2D eigenvalue weighted by Crippen LogP contribution is 2.16. The zero-order chi connectivity index (χ0) is 8.39. The first-order valence-electron chi connectivity index (χ1n) is 3.64. The Hall–Kier alpha value is -1.22. The van der Waals surface area contributed by atoms with Gasteiger partial charge in [-0.3, -0.25) is 0 Å². The van der Waals surface area contributed by atoms with E-state index in [1.54, 1.807) is 12.5 Å². The van der Waals surface area contributed by atoms with Gasteiger partial charge in [0.15, 0.2) is 0 Å². The third-order valence-electron chi connectivity index (χ3n) is 1.66. The zero-order valence-corrected chi connectivity index (χ0v) is 7.28. The molecule has 0 atom stereocenters. The molecule has 0 saturated heterocycles. The number of nitrogens with zero attached hydrogens (tertiary/aromatic N) is 2. The van der Waals surface area contributed by atoms with Crippen molar-refractivity contribution in [3.05, 3.63) is 43.0 Å². The molecule has 0 aliphatic rings. The van der Waals surface area contributed by atoms with Gasteiger partial charge in [-0.1, -0.05) is 12.1 Å². The van der Waals surface area contributed by atoms with E-state index in [0.29, 0.717) is 0 Å². The van der Waals surface area contributed by atoms with Gasteiger partial charge in [-0.05, 0) is 12.1 Å². The largest absolute Gasteiger partial charge is 0.305 e. The Morgan fingerprint density at radius 1 is 1.25 bits per heavy atom. The average molecular weight is 176 g/mol. The summed E-state index contributed by atoms with van der Waals surface area (Å²) in [5.74, 6) is 0. The highest BCUT2D eigenvalue weighted by Gasteiger charge is 1.97. The number of aromatic nitrogens is 2. The first-order valence-corrected chi connectivity index (χ1v) is 4.09. The number of hydrogen-bond donors (Lipinski definition) is 1. The lowest BCUT2D eigenvalue weighted by Crippen LogP contribution is -1.90. The Bertz CT molecular complexity index is 368. The second kappa shape index (κ2) is 3.03.